The molecular formula is C10H13F2NO. The largest absolute Gasteiger partial charge is 0.385 e. The van der Waals surface area contributed by atoms with Crippen molar-refractivity contribution in [3.8, 4) is 0 Å². The minimum atomic E-state index is -0.567. The average molecular weight is 201 g/mol. The van der Waals surface area contributed by atoms with Crippen LogP contribution >= 0.6 is 0 Å². The van der Waals surface area contributed by atoms with Gasteiger partial charge in [-0.1, -0.05) is 6.07 Å². The zero-order valence-corrected chi connectivity index (χ0v) is 8.02. The smallest absolute Gasteiger partial charge is 0.149 e. The van der Waals surface area contributed by atoms with Crippen molar-refractivity contribution in [2.45, 2.75) is 6.42 Å². The maximum Gasteiger partial charge on any atom is 0.149 e. The van der Waals surface area contributed by atoms with Crippen molar-refractivity contribution in [1.82, 2.24) is 0 Å². The van der Waals surface area contributed by atoms with Gasteiger partial charge in [0.05, 0.1) is 0 Å². The van der Waals surface area contributed by atoms with Gasteiger partial charge in [-0.2, -0.15) is 0 Å². The van der Waals surface area contributed by atoms with Crippen molar-refractivity contribution in [1.29, 1.82) is 0 Å². The highest BCUT2D eigenvalue weighted by atomic mass is 19.1. The maximum atomic E-state index is 13.0. The minimum absolute atomic E-state index is 0.0661. The summed E-state index contributed by atoms with van der Waals surface area (Å²) in [6.45, 7) is 1.06. The van der Waals surface area contributed by atoms with Crippen molar-refractivity contribution in [3.05, 3.63) is 29.8 Å². The molecule has 0 bridgehead atoms. The van der Waals surface area contributed by atoms with Gasteiger partial charge in [0.1, 0.15) is 17.3 Å². The Hall–Kier alpha value is -1.16. The molecule has 0 fully saturated rings. The van der Waals surface area contributed by atoms with E-state index in [2.05, 4.69) is 5.32 Å². The van der Waals surface area contributed by atoms with Gasteiger partial charge < -0.3 is 10.1 Å². The lowest BCUT2D eigenvalue weighted by atomic mass is 10.3. The molecule has 1 rings (SSSR count). The lowest BCUT2D eigenvalue weighted by Crippen LogP contribution is -2.07. The molecule has 0 saturated heterocycles. The van der Waals surface area contributed by atoms with E-state index in [4.69, 9.17) is 4.74 Å². The van der Waals surface area contributed by atoms with Crippen LogP contribution in [0.5, 0.6) is 0 Å². The van der Waals surface area contributed by atoms with Gasteiger partial charge in [0, 0.05) is 20.3 Å². The third-order valence-corrected chi connectivity index (χ3v) is 1.79. The van der Waals surface area contributed by atoms with Crippen LogP contribution < -0.4 is 5.32 Å². The Morgan fingerprint density at radius 3 is 2.50 bits per heavy atom. The van der Waals surface area contributed by atoms with Crippen LogP contribution in [0, 0.1) is 11.6 Å². The van der Waals surface area contributed by atoms with Crippen LogP contribution in [0.4, 0.5) is 14.5 Å². The fraction of sp³-hybridized carbons (Fsp3) is 0.400. The van der Waals surface area contributed by atoms with Gasteiger partial charge in [0.25, 0.3) is 0 Å². The summed E-state index contributed by atoms with van der Waals surface area (Å²) in [5, 5.41) is 2.69. The summed E-state index contributed by atoms with van der Waals surface area (Å²) in [6.07, 6.45) is 0.713. The van der Waals surface area contributed by atoms with Crippen LogP contribution in [0.1, 0.15) is 6.42 Å². The molecule has 0 aliphatic heterocycles. The molecule has 0 atom stereocenters. The Bertz CT molecular complexity index is 271. The standard InChI is InChI=1S/C10H13F2NO/c1-14-7-3-6-13-10-8(11)4-2-5-9(10)12/h2,4-5,13H,3,6-7H2,1H3. The summed E-state index contributed by atoms with van der Waals surface area (Å²) >= 11 is 0. The number of benzene rings is 1. The van der Waals surface area contributed by atoms with Gasteiger partial charge in [0.2, 0.25) is 0 Å². The van der Waals surface area contributed by atoms with Crippen molar-refractivity contribution >= 4 is 5.69 Å². The number of hydrogen-bond acceptors (Lipinski definition) is 2. The first-order valence-corrected chi connectivity index (χ1v) is 4.42. The predicted octanol–water partition coefficient (Wildman–Crippen LogP) is 2.41. The van der Waals surface area contributed by atoms with Crippen LogP contribution in [-0.4, -0.2) is 20.3 Å². The van der Waals surface area contributed by atoms with Crippen LogP contribution in [0.3, 0.4) is 0 Å². The summed E-state index contributed by atoms with van der Waals surface area (Å²) in [5.74, 6) is -1.13. The normalized spacial score (nSPS) is 10.2. The van der Waals surface area contributed by atoms with E-state index in [0.29, 0.717) is 19.6 Å². The first kappa shape index (κ1) is 10.9. The number of ether oxygens (including phenoxy) is 1. The molecule has 1 N–H and O–H groups in total. The van der Waals surface area contributed by atoms with Gasteiger partial charge in [-0.05, 0) is 18.6 Å². The highest BCUT2D eigenvalue weighted by Gasteiger charge is 2.06. The molecule has 0 saturated carbocycles. The summed E-state index contributed by atoms with van der Waals surface area (Å²) in [6, 6.07) is 3.79. The first-order chi connectivity index (χ1) is 6.75. The Morgan fingerprint density at radius 2 is 1.93 bits per heavy atom. The van der Waals surface area contributed by atoms with Gasteiger partial charge >= 0.3 is 0 Å². The van der Waals surface area contributed by atoms with E-state index < -0.39 is 11.6 Å². The van der Waals surface area contributed by atoms with Crippen molar-refractivity contribution in [2.24, 2.45) is 0 Å². The van der Waals surface area contributed by atoms with Gasteiger partial charge in [-0.3, -0.25) is 0 Å². The van der Waals surface area contributed by atoms with Gasteiger partial charge in [0.15, 0.2) is 0 Å². The van der Waals surface area contributed by atoms with Gasteiger partial charge in [-0.15, -0.1) is 0 Å². The summed E-state index contributed by atoms with van der Waals surface area (Å²) in [5.41, 5.74) is -0.0661. The molecule has 0 aliphatic rings. The molecule has 78 valence electrons. The monoisotopic (exact) mass is 201 g/mol. The Morgan fingerprint density at radius 1 is 1.29 bits per heavy atom. The zero-order chi connectivity index (χ0) is 10.4. The highest BCUT2D eigenvalue weighted by molar-refractivity contribution is 5.45. The number of halogens is 2. The Kier molecular flexibility index (Phi) is 4.32. The number of para-hydroxylation sites is 1. The molecule has 0 spiro atoms. The van der Waals surface area contributed by atoms with E-state index in [0.717, 1.165) is 0 Å². The van der Waals surface area contributed by atoms with E-state index in [1.54, 1.807) is 7.11 Å². The van der Waals surface area contributed by atoms with E-state index in [-0.39, 0.29) is 5.69 Å². The fourth-order valence-electron chi connectivity index (χ4n) is 1.10. The number of nitrogens with one attached hydrogen (secondary N) is 1. The number of hydrogen-bond donors (Lipinski definition) is 1. The molecule has 0 aromatic heterocycles. The molecule has 0 heterocycles. The topological polar surface area (TPSA) is 21.3 Å². The molecule has 14 heavy (non-hydrogen) atoms. The highest BCUT2D eigenvalue weighted by Crippen LogP contribution is 2.17. The molecule has 0 amide bonds. The fourth-order valence-corrected chi connectivity index (χ4v) is 1.10. The molecule has 1 aromatic carbocycles. The van der Waals surface area contributed by atoms with Crippen molar-refractivity contribution < 1.29 is 13.5 Å². The molecule has 2 nitrogen and oxygen atoms in total. The summed E-state index contributed by atoms with van der Waals surface area (Å²) < 4.78 is 30.9. The van der Waals surface area contributed by atoms with Gasteiger partial charge in [-0.25, -0.2) is 8.78 Å². The first-order valence-electron chi connectivity index (χ1n) is 4.42. The Balaban J connectivity index is 2.49. The lowest BCUT2D eigenvalue weighted by Gasteiger charge is -2.07. The number of methoxy groups -OCH3 is 1. The van der Waals surface area contributed by atoms with Crippen LogP contribution in [0.25, 0.3) is 0 Å². The van der Waals surface area contributed by atoms with E-state index in [9.17, 15) is 8.78 Å². The second-order valence-corrected chi connectivity index (χ2v) is 2.87. The summed E-state index contributed by atoms with van der Waals surface area (Å²) in [4.78, 5) is 0. The van der Waals surface area contributed by atoms with E-state index in [1.165, 1.54) is 18.2 Å². The second-order valence-electron chi connectivity index (χ2n) is 2.87. The minimum Gasteiger partial charge on any atom is -0.385 e. The zero-order valence-electron chi connectivity index (χ0n) is 8.02. The van der Waals surface area contributed by atoms with Crippen LogP contribution in [0.15, 0.2) is 18.2 Å². The second kappa shape index (κ2) is 5.54. The molecule has 0 aliphatic carbocycles. The molecule has 0 unspecified atom stereocenters. The molecule has 1 aromatic rings. The SMILES string of the molecule is COCCCNc1c(F)cccc1F. The van der Waals surface area contributed by atoms with Crippen LogP contribution in [-0.2, 0) is 4.74 Å². The quantitative estimate of drug-likeness (QED) is 0.738. The van der Waals surface area contributed by atoms with E-state index >= 15 is 0 Å². The van der Waals surface area contributed by atoms with Crippen LogP contribution in [0.2, 0.25) is 0 Å². The van der Waals surface area contributed by atoms with Crippen molar-refractivity contribution in [2.75, 3.05) is 25.6 Å². The molecule has 4 heteroatoms. The predicted molar refractivity (Wildman–Crippen MR) is 51.3 cm³/mol. The van der Waals surface area contributed by atoms with Crippen molar-refractivity contribution in [3.63, 3.8) is 0 Å². The number of rotatable bonds is 5. The van der Waals surface area contributed by atoms with E-state index in [1.807, 2.05) is 0 Å². The lowest BCUT2D eigenvalue weighted by molar-refractivity contribution is 0.197. The molecular weight excluding hydrogens is 188 g/mol. The third-order valence-electron chi connectivity index (χ3n) is 1.79. The molecule has 0 radical (unpaired) electrons. The number of anilines is 1. The Labute approximate surface area is 81.9 Å². The maximum absolute atomic E-state index is 13.0. The average Bonchev–Trinajstić information content (AvgIpc) is 2.16. The third kappa shape index (κ3) is 2.96. The summed E-state index contributed by atoms with van der Waals surface area (Å²) in [7, 11) is 1.59.